The van der Waals surface area contributed by atoms with E-state index in [1.807, 2.05) is 0 Å². The van der Waals surface area contributed by atoms with Crippen LogP contribution in [0.2, 0.25) is 0 Å². The molecule has 3 heterocycles. The maximum absolute atomic E-state index is 13.5. The number of benzene rings is 3. The number of methoxy groups -OCH3 is 1. The van der Waals surface area contributed by atoms with E-state index in [-0.39, 0.29) is 40.0 Å². The van der Waals surface area contributed by atoms with E-state index in [1.54, 1.807) is 55.6 Å². The van der Waals surface area contributed by atoms with E-state index < -0.39 is 23.3 Å². The second kappa shape index (κ2) is 9.21. The summed E-state index contributed by atoms with van der Waals surface area (Å²) in [7, 11) is 1.54. The molecule has 0 unspecified atom stereocenters. The number of phenolic OH excluding ortho intramolecular Hbond substituents is 1. The Hall–Kier alpha value is -5.31. The Kier molecular flexibility index (Phi) is 5.68. The molecule has 2 aromatic heterocycles. The normalized spacial score (nSPS) is 14.6. The van der Waals surface area contributed by atoms with Gasteiger partial charge < -0.3 is 28.5 Å². The second-order valence-corrected chi connectivity index (χ2v) is 9.04. The monoisotopic (exact) mass is 524 g/mol. The number of hydrogen-bond acceptors (Lipinski definition) is 8. The number of carbonyl (C=O) groups is 2. The quantitative estimate of drug-likeness (QED) is 0.223. The van der Waals surface area contributed by atoms with Crippen molar-refractivity contribution in [3.8, 4) is 39.7 Å². The van der Waals surface area contributed by atoms with Crippen molar-refractivity contribution in [2.75, 3.05) is 7.11 Å². The highest BCUT2D eigenvalue weighted by molar-refractivity contribution is 5.94. The van der Waals surface area contributed by atoms with Gasteiger partial charge in [0.2, 0.25) is 5.43 Å². The number of aromatic carboxylic acids is 1. The van der Waals surface area contributed by atoms with Crippen LogP contribution in [-0.4, -0.2) is 29.3 Å². The van der Waals surface area contributed by atoms with Crippen LogP contribution in [0.25, 0.3) is 33.4 Å². The third-order valence-corrected chi connectivity index (χ3v) is 6.74. The van der Waals surface area contributed by atoms with Crippen molar-refractivity contribution in [3.63, 3.8) is 0 Å². The molecule has 0 saturated heterocycles. The molecule has 0 spiro atoms. The summed E-state index contributed by atoms with van der Waals surface area (Å²) in [6, 6.07) is 17.7. The predicted octanol–water partition coefficient (Wildman–Crippen LogP) is 5.57. The number of esters is 1. The van der Waals surface area contributed by atoms with E-state index >= 15 is 0 Å². The third-order valence-electron chi connectivity index (χ3n) is 6.74. The number of ether oxygens (including phenoxy) is 2. The van der Waals surface area contributed by atoms with Crippen LogP contribution >= 0.6 is 0 Å². The van der Waals surface area contributed by atoms with Crippen LogP contribution in [0.1, 0.15) is 34.0 Å². The maximum atomic E-state index is 13.5. The second-order valence-electron chi connectivity index (χ2n) is 9.04. The van der Waals surface area contributed by atoms with Crippen molar-refractivity contribution < 1.29 is 38.1 Å². The zero-order valence-electron chi connectivity index (χ0n) is 20.5. The first kappa shape index (κ1) is 24.1. The molecule has 0 radical (unpaired) electrons. The van der Waals surface area contributed by atoms with Crippen LogP contribution in [0.3, 0.4) is 0 Å². The van der Waals surface area contributed by atoms with Gasteiger partial charge in [-0.1, -0.05) is 24.3 Å². The molecule has 9 nitrogen and oxygen atoms in total. The molecular weight excluding hydrogens is 504 g/mol. The van der Waals surface area contributed by atoms with Crippen molar-refractivity contribution in [1.29, 1.82) is 0 Å². The SMILES string of the molecule is COc1ccc(-c2coc3c4c(cc(O)c3c2=O)OC(=O)C[C@H]4c2ccc(-c3cccc(C(=O)O)c3)o2)cc1. The molecule has 1 atom stereocenters. The molecule has 1 aliphatic heterocycles. The summed E-state index contributed by atoms with van der Waals surface area (Å²) in [5.41, 5.74) is 1.48. The highest BCUT2D eigenvalue weighted by Gasteiger charge is 2.35. The average molecular weight is 524 g/mol. The van der Waals surface area contributed by atoms with Crippen LogP contribution in [0, 0.1) is 0 Å². The molecule has 5 aromatic rings. The molecule has 0 bridgehead atoms. The molecule has 39 heavy (non-hydrogen) atoms. The van der Waals surface area contributed by atoms with Crippen molar-refractivity contribution in [3.05, 3.63) is 100 Å². The fourth-order valence-corrected chi connectivity index (χ4v) is 4.85. The summed E-state index contributed by atoms with van der Waals surface area (Å²) in [6.45, 7) is 0. The van der Waals surface area contributed by atoms with Gasteiger partial charge >= 0.3 is 11.9 Å². The molecule has 0 fully saturated rings. The Balaban J connectivity index is 1.48. The summed E-state index contributed by atoms with van der Waals surface area (Å²) < 4.78 is 22.6. The lowest BCUT2D eigenvalue weighted by Crippen LogP contribution is -2.21. The number of rotatable bonds is 5. The smallest absolute Gasteiger partial charge is 0.335 e. The van der Waals surface area contributed by atoms with Gasteiger partial charge in [0.25, 0.3) is 0 Å². The van der Waals surface area contributed by atoms with Gasteiger partial charge in [0.15, 0.2) is 0 Å². The highest BCUT2D eigenvalue weighted by atomic mass is 16.5. The van der Waals surface area contributed by atoms with Gasteiger partial charge in [-0.15, -0.1) is 0 Å². The fourth-order valence-electron chi connectivity index (χ4n) is 4.85. The standard InChI is InChI=1S/C30H20O9/c1-36-18-7-5-15(6-8-18)20-14-37-29-26-19(12-25(32)39-24(26)13-21(31)27(29)28(20)33)23-10-9-22(38-23)16-3-2-4-17(11-16)30(34)35/h2-11,13-14,19,31H,12H2,1H3,(H,34,35)/t19-/m0/s1. The third kappa shape index (κ3) is 4.10. The van der Waals surface area contributed by atoms with Gasteiger partial charge in [-0.2, -0.15) is 0 Å². The lowest BCUT2D eigenvalue weighted by Gasteiger charge is -2.24. The zero-order valence-corrected chi connectivity index (χ0v) is 20.5. The topological polar surface area (TPSA) is 136 Å². The lowest BCUT2D eigenvalue weighted by atomic mass is 9.88. The summed E-state index contributed by atoms with van der Waals surface area (Å²) in [5, 5.41) is 20.1. The number of furan rings is 1. The first-order valence-electron chi connectivity index (χ1n) is 11.9. The number of carbonyl (C=O) groups excluding carboxylic acids is 1. The van der Waals surface area contributed by atoms with Gasteiger partial charge in [-0.3, -0.25) is 9.59 Å². The van der Waals surface area contributed by atoms with Crippen LogP contribution in [0.5, 0.6) is 17.2 Å². The minimum absolute atomic E-state index is 0.0500. The minimum Gasteiger partial charge on any atom is -0.507 e. The summed E-state index contributed by atoms with van der Waals surface area (Å²) in [6.07, 6.45) is 1.21. The van der Waals surface area contributed by atoms with Crippen molar-refractivity contribution >= 4 is 22.9 Å². The minimum atomic E-state index is -1.07. The molecule has 194 valence electrons. The maximum Gasteiger partial charge on any atom is 0.335 e. The summed E-state index contributed by atoms with van der Waals surface area (Å²) in [5.74, 6) is -1.21. The lowest BCUT2D eigenvalue weighted by molar-refractivity contribution is -0.135. The van der Waals surface area contributed by atoms with Crippen molar-refractivity contribution in [2.45, 2.75) is 12.3 Å². The van der Waals surface area contributed by atoms with Gasteiger partial charge in [-0.25, -0.2) is 4.79 Å². The molecular formula is C30H20O9. The van der Waals surface area contributed by atoms with Gasteiger partial charge in [0.1, 0.15) is 46.0 Å². The van der Waals surface area contributed by atoms with Gasteiger partial charge in [0, 0.05) is 17.2 Å². The van der Waals surface area contributed by atoms with Crippen molar-refractivity contribution in [2.24, 2.45) is 0 Å². The largest absolute Gasteiger partial charge is 0.507 e. The van der Waals surface area contributed by atoms with Crippen LogP contribution < -0.4 is 14.9 Å². The number of fused-ring (bicyclic) bond motifs is 3. The molecule has 9 heteroatoms. The van der Waals surface area contributed by atoms with E-state index in [2.05, 4.69) is 0 Å². The predicted molar refractivity (Wildman–Crippen MR) is 139 cm³/mol. The Morgan fingerprint density at radius 1 is 1.00 bits per heavy atom. The van der Waals surface area contributed by atoms with Crippen molar-refractivity contribution in [1.82, 2.24) is 0 Å². The zero-order chi connectivity index (χ0) is 27.3. The number of carboxylic acid groups (broad SMARTS) is 1. The molecule has 0 saturated carbocycles. The van der Waals surface area contributed by atoms with E-state index in [0.29, 0.717) is 34.0 Å². The number of aromatic hydroxyl groups is 1. The van der Waals surface area contributed by atoms with E-state index in [4.69, 9.17) is 18.3 Å². The number of carboxylic acids is 1. The molecule has 6 rings (SSSR count). The Morgan fingerprint density at radius 2 is 1.79 bits per heavy atom. The molecule has 0 amide bonds. The van der Waals surface area contributed by atoms with Crippen LogP contribution in [0.4, 0.5) is 0 Å². The fraction of sp³-hybridized carbons (Fsp3) is 0.100. The average Bonchev–Trinajstić information content (AvgIpc) is 3.43. The first-order valence-corrected chi connectivity index (χ1v) is 11.9. The van der Waals surface area contributed by atoms with E-state index in [9.17, 15) is 24.6 Å². The molecule has 2 N–H and O–H groups in total. The Morgan fingerprint density at radius 3 is 2.54 bits per heavy atom. The highest BCUT2D eigenvalue weighted by Crippen LogP contribution is 2.46. The van der Waals surface area contributed by atoms with Crippen LogP contribution in [-0.2, 0) is 4.79 Å². The van der Waals surface area contributed by atoms with Gasteiger partial charge in [0.05, 0.1) is 30.6 Å². The summed E-state index contributed by atoms with van der Waals surface area (Å²) in [4.78, 5) is 37.4. The Labute approximate surface area is 220 Å². The molecule has 1 aliphatic rings. The summed E-state index contributed by atoms with van der Waals surface area (Å²) >= 11 is 0. The van der Waals surface area contributed by atoms with Gasteiger partial charge in [-0.05, 0) is 42.0 Å². The Bertz CT molecular complexity index is 1830. The number of hydrogen-bond donors (Lipinski definition) is 2. The number of phenols is 1. The van der Waals surface area contributed by atoms with Crippen LogP contribution in [0.15, 0.2) is 86.6 Å². The van der Waals surface area contributed by atoms with E-state index in [0.717, 1.165) is 0 Å². The molecule has 3 aromatic carbocycles. The van der Waals surface area contributed by atoms with E-state index in [1.165, 1.54) is 24.5 Å². The first-order chi connectivity index (χ1) is 18.8. The molecule has 0 aliphatic carbocycles.